The second kappa shape index (κ2) is 6.73. The number of esters is 1. The van der Waals surface area contributed by atoms with Gasteiger partial charge in [0.25, 0.3) is 0 Å². The van der Waals surface area contributed by atoms with Crippen LogP contribution in [-0.4, -0.2) is 18.2 Å². The second-order valence-electron chi connectivity index (χ2n) is 6.22. The maximum Gasteiger partial charge on any atom is 0.313 e. The SMILES string of the molecule is COC(=O)C(C)(C)[C@@H](Nc1cc(C)ccc1O)c1ccccc1. The second-order valence-corrected chi connectivity index (χ2v) is 6.22. The van der Waals surface area contributed by atoms with E-state index in [1.807, 2.05) is 63.2 Å². The average Bonchev–Trinajstić information content (AvgIpc) is 2.55. The highest BCUT2D eigenvalue weighted by Crippen LogP contribution is 2.39. The van der Waals surface area contributed by atoms with E-state index in [0.29, 0.717) is 5.69 Å². The van der Waals surface area contributed by atoms with Gasteiger partial charge in [-0.3, -0.25) is 4.79 Å². The third kappa shape index (κ3) is 3.65. The molecule has 2 N–H and O–H groups in total. The van der Waals surface area contributed by atoms with Gasteiger partial charge in [-0.05, 0) is 44.0 Å². The normalized spacial score (nSPS) is 12.5. The first-order valence-corrected chi connectivity index (χ1v) is 7.55. The maximum atomic E-state index is 12.3. The van der Waals surface area contributed by atoms with E-state index in [2.05, 4.69) is 5.32 Å². The number of benzene rings is 2. The van der Waals surface area contributed by atoms with Crippen molar-refractivity contribution in [3.05, 3.63) is 59.7 Å². The van der Waals surface area contributed by atoms with E-state index in [1.54, 1.807) is 6.07 Å². The summed E-state index contributed by atoms with van der Waals surface area (Å²) in [6.45, 7) is 5.61. The van der Waals surface area contributed by atoms with E-state index >= 15 is 0 Å². The Labute approximate surface area is 137 Å². The number of anilines is 1. The fourth-order valence-corrected chi connectivity index (χ4v) is 2.63. The number of ether oxygens (including phenoxy) is 1. The van der Waals surface area contributed by atoms with Crippen LogP contribution in [0.5, 0.6) is 5.75 Å². The number of aryl methyl sites for hydroxylation is 1. The lowest BCUT2D eigenvalue weighted by molar-refractivity contribution is -0.151. The molecule has 0 aliphatic carbocycles. The Balaban J connectivity index is 2.46. The predicted molar refractivity (Wildman–Crippen MR) is 91.4 cm³/mol. The number of hydrogen-bond acceptors (Lipinski definition) is 4. The number of aromatic hydroxyl groups is 1. The number of nitrogens with one attached hydrogen (secondary N) is 1. The standard InChI is InChI=1S/C19H23NO3/c1-13-10-11-16(21)15(12-13)20-17(14-8-6-5-7-9-14)19(2,3)18(22)23-4/h5-12,17,20-21H,1-4H3/t17-/m0/s1. The maximum absolute atomic E-state index is 12.3. The van der Waals surface area contributed by atoms with Crippen LogP contribution in [0.15, 0.2) is 48.5 Å². The molecule has 2 rings (SSSR count). The largest absolute Gasteiger partial charge is 0.506 e. The Morgan fingerprint density at radius 1 is 1.17 bits per heavy atom. The molecule has 2 aromatic rings. The summed E-state index contributed by atoms with van der Waals surface area (Å²) >= 11 is 0. The van der Waals surface area contributed by atoms with Gasteiger partial charge in [0.1, 0.15) is 5.75 Å². The number of phenols is 1. The summed E-state index contributed by atoms with van der Waals surface area (Å²) < 4.78 is 4.97. The first kappa shape index (κ1) is 16.9. The molecule has 0 aromatic heterocycles. The van der Waals surface area contributed by atoms with Crippen LogP contribution in [0.3, 0.4) is 0 Å². The third-order valence-corrected chi connectivity index (χ3v) is 4.02. The molecular weight excluding hydrogens is 290 g/mol. The summed E-state index contributed by atoms with van der Waals surface area (Å²) in [5, 5.41) is 13.4. The van der Waals surface area contributed by atoms with Gasteiger partial charge in [0.15, 0.2) is 0 Å². The van der Waals surface area contributed by atoms with Crippen LogP contribution >= 0.6 is 0 Å². The summed E-state index contributed by atoms with van der Waals surface area (Å²) in [4.78, 5) is 12.3. The molecule has 0 saturated carbocycles. The number of methoxy groups -OCH3 is 1. The molecular formula is C19H23NO3. The van der Waals surface area contributed by atoms with Crippen LogP contribution in [0.25, 0.3) is 0 Å². The number of rotatable bonds is 5. The van der Waals surface area contributed by atoms with E-state index in [9.17, 15) is 9.90 Å². The summed E-state index contributed by atoms with van der Waals surface area (Å²) in [5.74, 6) is -0.164. The lowest BCUT2D eigenvalue weighted by atomic mass is 9.80. The molecule has 0 spiro atoms. The van der Waals surface area contributed by atoms with Gasteiger partial charge in [-0.2, -0.15) is 0 Å². The van der Waals surface area contributed by atoms with Crippen molar-refractivity contribution >= 4 is 11.7 Å². The van der Waals surface area contributed by atoms with E-state index in [1.165, 1.54) is 7.11 Å². The number of hydrogen-bond donors (Lipinski definition) is 2. The van der Waals surface area contributed by atoms with Crippen LogP contribution in [0.4, 0.5) is 5.69 Å². The zero-order chi connectivity index (χ0) is 17.0. The summed E-state index contributed by atoms with van der Waals surface area (Å²) in [7, 11) is 1.39. The van der Waals surface area contributed by atoms with Crippen molar-refractivity contribution < 1.29 is 14.6 Å². The van der Waals surface area contributed by atoms with Gasteiger partial charge in [0.2, 0.25) is 0 Å². The Morgan fingerprint density at radius 2 is 1.83 bits per heavy atom. The fraction of sp³-hybridized carbons (Fsp3) is 0.316. The van der Waals surface area contributed by atoms with E-state index in [4.69, 9.17) is 4.74 Å². The number of carbonyl (C=O) groups is 1. The van der Waals surface area contributed by atoms with Crippen molar-refractivity contribution in [2.75, 3.05) is 12.4 Å². The number of phenolic OH excluding ortho intramolecular Hbond substituents is 1. The molecule has 0 aliphatic heterocycles. The van der Waals surface area contributed by atoms with Gasteiger partial charge in [-0.25, -0.2) is 0 Å². The Bertz CT molecular complexity index is 680. The van der Waals surface area contributed by atoms with Crippen molar-refractivity contribution in [3.63, 3.8) is 0 Å². The molecule has 0 saturated heterocycles. The molecule has 0 bridgehead atoms. The predicted octanol–water partition coefficient (Wildman–Crippen LogP) is 4.05. The molecule has 0 amide bonds. The quantitative estimate of drug-likeness (QED) is 0.646. The third-order valence-electron chi connectivity index (χ3n) is 4.02. The van der Waals surface area contributed by atoms with Crippen molar-refractivity contribution in [2.24, 2.45) is 5.41 Å². The van der Waals surface area contributed by atoms with Crippen LogP contribution in [0.2, 0.25) is 0 Å². The highest BCUT2D eigenvalue weighted by Gasteiger charge is 2.39. The monoisotopic (exact) mass is 313 g/mol. The lowest BCUT2D eigenvalue weighted by Crippen LogP contribution is -2.36. The summed E-state index contributed by atoms with van der Waals surface area (Å²) in [6, 6.07) is 14.7. The van der Waals surface area contributed by atoms with Crippen molar-refractivity contribution in [2.45, 2.75) is 26.8 Å². The fourth-order valence-electron chi connectivity index (χ4n) is 2.63. The Kier molecular flexibility index (Phi) is 4.94. The first-order chi connectivity index (χ1) is 10.9. The van der Waals surface area contributed by atoms with E-state index in [-0.39, 0.29) is 17.8 Å². The lowest BCUT2D eigenvalue weighted by Gasteiger charge is -2.33. The molecule has 23 heavy (non-hydrogen) atoms. The zero-order valence-corrected chi connectivity index (χ0v) is 14.0. The van der Waals surface area contributed by atoms with Crippen LogP contribution < -0.4 is 5.32 Å². The van der Waals surface area contributed by atoms with E-state index < -0.39 is 5.41 Å². The molecule has 0 aliphatic rings. The van der Waals surface area contributed by atoms with Crippen LogP contribution in [-0.2, 0) is 9.53 Å². The van der Waals surface area contributed by atoms with Crippen molar-refractivity contribution in [1.82, 2.24) is 0 Å². The average molecular weight is 313 g/mol. The molecule has 0 unspecified atom stereocenters. The van der Waals surface area contributed by atoms with Crippen molar-refractivity contribution in [3.8, 4) is 5.75 Å². The topological polar surface area (TPSA) is 58.6 Å². The number of carbonyl (C=O) groups excluding carboxylic acids is 1. The minimum Gasteiger partial charge on any atom is -0.506 e. The highest BCUT2D eigenvalue weighted by molar-refractivity contribution is 5.78. The smallest absolute Gasteiger partial charge is 0.313 e. The van der Waals surface area contributed by atoms with Gasteiger partial charge < -0.3 is 15.2 Å². The van der Waals surface area contributed by atoms with Gasteiger partial charge >= 0.3 is 5.97 Å². The molecule has 122 valence electrons. The minimum absolute atomic E-state index is 0.150. The molecule has 4 nitrogen and oxygen atoms in total. The minimum atomic E-state index is -0.813. The van der Waals surface area contributed by atoms with Gasteiger partial charge in [0, 0.05) is 0 Å². The van der Waals surface area contributed by atoms with Crippen LogP contribution in [0, 0.1) is 12.3 Å². The van der Waals surface area contributed by atoms with Crippen LogP contribution in [0.1, 0.15) is 31.0 Å². The molecule has 0 radical (unpaired) electrons. The van der Waals surface area contributed by atoms with Gasteiger partial charge in [-0.1, -0.05) is 36.4 Å². The molecule has 0 heterocycles. The molecule has 4 heteroatoms. The summed E-state index contributed by atoms with van der Waals surface area (Å²) in [5.41, 5.74) is 1.75. The van der Waals surface area contributed by atoms with Gasteiger partial charge in [-0.15, -0.1) is 0 Å². The molecule has 1 atom stereocenters. The van der Waals surface area contributed by atoms with E-state index in [0.717, 1.165) is 11.1 Å². The summed E-state index contributed by atoms with van der Waals surface area (Å²) in [6.07, 6.45) is 0. The first-order valence-electron chi connectivity index (χ1n) is 7.55. The van der Waals surface area contributed by atoms with Crippen molar-refractivity contribution in [1.29, 1.82) is 0 Å². The Morgan fingerprint density at radius 3 is 2.43 bits per heavy atom. The Hall–Kier alpha value is -2.49. The molecule has 2 aromatic carbocycles. The zero-order valence-electron chi connectivity index (χ0n) is 14.0. The van der Waals surface area contributed by atoms with Gasteiger partial charge in [0.05, 0.1) is 24.3 Å². The highest BCUT2D eigenvalue weighted by atomic mass is 16.5. The molecule has 0 fully saturated rings.